The maximum Gasteiger partial charge on any atom is 0.253 e. The fourth-order valence-electron chi connectivity index (χ4n) is 7.40. The first-order valence-electron chi connectivity index (χ1n) is 15.5. The van der Waals surface area contributed by atoms with E-state index < -0.39 is 9.67 Å². The Hall–Kier alpha value is 0.1000. The van der Waals surface area contributed by atoms with Crippen LogP contribution in [0.2, 0.25) is 0 Å². The molecule has 0 aliphatic heterocycles. The first kappa shape index (κ1) is 32.6. The fourth-order valence-corrected chi connectivity index (χ4v) is 7.65. The zero-order valence-corrected chi connectivity index (χ0v) is 26.1. The Morgan fingerprint density at radius 1 is 0.474 bits per heavy atom. The third-order valence-electron chi connectivity index (χ3n) is 9.57. The highest BCUT2D eigenvalue weighted by Crippen LogP contribution is 2.36. The summed E-state index contributed by atoms with van der Waals surface area (Å²) in [4.78, 5) is 21.0. The summed E-state index contributed by atoms with van der Waals surface area (Å²) in [5.41, 5.74) is 0. The summed E-state index contributed by atoms with van der Waals surface area (Å²) < 4.78 is 0. The zero-order chi connectivity index (χ0) is 27.3. The molecule has 220 valence electrons. The van der Waals surface area contributed by atoms with E-state index in [1.165, 1.54) is 103 Å². The van der Waals surface area contributed by atoms with Crippen LogP contribution in [0.25, 0.3) is 0 Å². The summed E-state index contributed by atoms with van der Waals surface area (Å²) in [7, 11) is 0. The minimum atomic E-state index is -0.931. The molecule has 0 aromatic heterocycles. The van der Waals surface area contributed by atoms with Gasteiger partial charge in [-0.3, -0.25) is 9.59 Å². The van der Waals surface area contributed by atoms with E-state index in [4.69, 9.17) is 46.4 Å². The molecule has 0 bridgehead atoms. The topological polar surface area (TPSA) is 58.2 Å². The van der Waals surface area contributed by atoms with Crippen molar-refractivity contribution < 1.29 is 9.59 Å². The van der Waals surface area contributed by atoms with E-state index >= 15 is 0 Å². The number of rotatable bonds is 8. The van der Waals surface area contributed by atoms with E-state index in [1.54, 1.807) is 0 Å². The average molecular weight is 613 g/mol. The van der Waals surface area contributed by atoms with Crippen LogP contribution in [0.1, 0.15) is 128 Å². The fraction of sp³-hybridized carbons (Fsp3) is 0.933. The molecule has 0 spiro atoms. The second-order valence-electron chi connectivity index (χ2n) is 12.5. The lowest BCUT2D eigenvalue weighted by Gasteiger charge is -2.32. The van der Waals surface area contributed by atoms with Gasteiger partial charge in [0, 0.05) is 12.1 Å². The molecule has 38 heavy (non-hydrogen) atoms. The van der Waals surface area contributed by atoms with Crippen LogP contribution in [0.15, 0.2) is 0 Å². The molecule has 0 unspecified atom stereocenters. The van der Waals surface area contributed by atoms with E-state index in [1.807, 2.05) is 0 Å². The highest BCUT2D eigenvalue weighted by atomic mass is 35.5. The van der Waals surface area contributed by atoms with Crippen LogP contribution in [0.5, 0.6) is 0 Å². The van der Waals surface area contributed by atoms with E-state index in [-0.39, 0.29) is 23.9 Å². The molecule has 4 nitrogen and oxygen atoms in total. The zero-order valence-electron chi connectivity index (χ0n) is 23.1. The van der Waals surface area contributed by atoms with Crippen LogP contribution >= 0.6 is 46.4 Å². The monoisotopic (exact) mass is 610 g/mol. The molecule has 4 aliphatic rings. The van der Waals surface area contributed by atoms with Gasteiger partial charge in [0.2, 0.25) is 0 Å². The van der Waals surface area contributed by atoms with Crippen LogP contribution in [-0.4, -0.2) is 33.6 Å². The first-order valence-corrected chi connectivity index (χ1v) is 17.2. The van der Waals surface area contributed by atoms with E-state index in [0.717, 1.165) is 49.4 Å². The Balaban J connectivity index is 0.000000211. The van der Waals surface area contributed by atoms with Crippen molar-refractivity contribution in [1.29, 1.82) is 0 Å². The van der Waals surface area contributed by atoms with Crippen LogP contribution in [0.4, 0.5) is 0 Å². The van der Waals surface area contributed by atoms with Crippen LogP contribution in [-0.2, 0) is 9.59 Å². The quantitative estimate of drug-likeness (QED) is 0.269. The molecule has 2 N–H and O–H groups in total. The minimum absolute atomic E-state index is 0.237. The van der Waals surface area contributed by atoms with Gasteiger partial charge in [-0.25, -0.2) is 0 Å². The van der Waals surface area contributed by atoms with Crippen molar-refractivity contribution >= 4 is 58.2 Å². The van der Waals surface area contributed by atoms with Gasteiger partial charge >= 0.3 is 0 Å². The standard InChI is InChI=1S/2C15H25Cl2NO/c2*16-14(17)15(19)18-13-8-6-12(7-9-13)10-11-4-2-1-3-5-11/h2*11-14H,1-10H2,(H,18,19). The second kappa shape index (κ2) is 17.8. The van der Waals surface area contributed by atoms with Gasteiger partial charge in [0.15, 0.2) is 9.67 Å². The van der Waals surface area contributed by atoms with Crippen molar-refractivity contribution in [2.24, 2.45) is 23.7 Å². The molecule has 0 atom stereocenters. The predicted octanol–water partition coefficient (Wildman–Crippen LogP) is 8.87. The van der Waals surface area contributed by atoms with Crippen molar-refractivity contribution in [1.82, 2.24) is 10.6 Å². The van der Waals surface area contributed by atoms with E-state index in [2.05, 4.69) is 10.6 Å². The summed E-state index contributed by atoms with van der Waals surface area (Å²) in [5, 5.41) is 5.88. The molecule has 4 saturated carbocycles. The molecule has 2 amide bonds. The lowest BCUT2D eigenvalue weighted by molar-refractivity contribution is -0.121. The normalized spacial score (nSPS) is 29.4. The van der Waals surface area contributed by atoms with Crippen LogP contribution in [0.3, 0.4) is 0 Å². The summed E-state index contributed by atoms with van der Waals surface area (Å²) in [5.74, 6) is 3.22. The Bertz CT molecular complexity index is 622. The van der Waals surface area contributed by atoms with Gasteiger partial charge in [-0.2, -0.15) is 0 Å². The highest BCUT2D eigenvalue weighted by molar-refractivity contribution is 6.53. The average Bonchev–Trinajstić information content (AvgIpc) is 2.92. The SMILES string of the molecule is O=C(NC1CCC(CC2CCCCC2)CC1)C(Cl)Cl.O=C(NC1CCC(CC2CCCCC2)CC1)C(Cl)Cl. The van der Waals surface area contributed by atoms with Crippen molar-refractivity contribution in [2.45, 2.75) is 150 Å². The number of halogens is 4. The molecule has 0 aromatic rings. The van der Waals surface area contributed by atoms with E-state index in [9.17, 15) is 9.59 Å². The number of carbonyl (C=O) groups excluding carboxylic acids is 2. The molecule has 0 radical (unpaired) electrons. The predicted molar refractivity (Wildman–Crippen MR) is 161 cm³/mol. The minimum Gasteiger partial charge on any atom is -0.351 e. The Morgan fingerprint density at radius 2 is 0.763 bits per heavy atom. The third-order valence-corrected chi connectivity index (χ3v) is 10.4. The molecule has 4 fully saturated rings. The molecule has 4 aliphatic carbocycles. The molecular formula is C30H50Cl4N2O2. The van der Waals surface area contributed by atoms with Crippen LogP contribution in [0, 0.1) is 23.7 Å². The lowest BCUT2D eigenvalue weighted by atomic mass is 9.76. The summed E-state index contributed by atoms with van der Waals surface area (Å²) in [6.07, 6.45) is 26.5. The summed E-state index contributed by atoms with van der Waals surface area (Å²) in [6, 6.07) is 0.574. The van der Waals surface area contributed by atoms with Gasteiger partial charge < -0.3 is 10.6 Å². The van der Waals surface area contributed by atoms with Crippen molar-refractivity contribution in [3.63, 3.8) is 0 Å². The second-order valence-corrected chi connectivity index (χ2v) is 14.7. The molecule has 0 saturated heterocycles. The maximum atomic E-state index is 11.4. The van der Waals surface area contributed by atoms with Gasteiger partial charge in [-0.15, -0.1) is 0 Å². The van der Waals surface area contributed by atoms with Gasteiger partial charge in [-0.05, 0) is 87.9 Å². The van der Waals surface area contributed by atoms with Crippen LogP contribution < -0.4 is 10.6 Å². The largest absolute Gasteiger partial charge is 0.351 e. The first-order chi connectivity index (χ1) is 18.3. The highest BCUT2D eigenvalue weighted by Gasteiger charge is 2.27. The van der Waals surface area contributed by atoms with Crippen molar-refractivity contribution in [3.05, 3.63) is 0 Å². The van der Waals surface area contributed by atoms with Gasteiger partial charge in [0.25, 0.3) is 11.8 Å². The maximum absolute atomic E-state index is 11.4. The molecule has 4 rings (SSSR count). The molecule has 8 heteroatoms. The molecule has 0 aromatic carbocycles. The van der Waals surface area contributed by atoms with Gasteiger partial charge in [-0.1, -0.05) is 111 Å². The number of hydrogen-bond donors (Lipinski definition) is 2. The number of nitrogens with one attached hydrogen (secondary N) is 2. The Morgan fingerprint density at radius 3 is 1.05 bits per heavy atom. The van der Waals surface area contributed by atoms with E-state index in [0.29, 0.717) is 0 Å². The smallest absolute Gasteiger partial charge is 0.253 e. The molecular weight excluding hydrogens is 562 g/mol. The Labute approximate surface area is 251 Å². The third kappa shape index (κ3) is 12.3. The summed E-state index contributed by atoms with van der Waals surface area (Å²) in [6.45, 7) is 0. The van der Waals surface area contributed by atoms with Crippen molar-refractivity contribution in [2.75, 3.05) is 0 Å². The number of alkyl halides is 4. The summed E-state index contributed by atoms with van der Waals surface area (Å²) >= 11 is 22.2. The number of carbonyl (C=O) groups is 2. The number of amides is 2. The van der Waals surface area contributed by atoms with Crippen molar-refractivity contribution in [3.8, 4) is 0 Å². The number of hydrogen-bond acceptors (Lipinski definition) is 2. The van der Waals surface area contributed by atoms with Gasteiger partial charge in [0.05, 0.1) is 0 Å². The lowest BCUT2D eigenvalue weighted by Crippen LogP contribution is -2.40. The Kier molecular flexibility index (Phi) is 15.3. The van der Waals surface area contributed by atoms with Gasteiger partial charge in [0.1, 0.15) is 0 Å². The molecule has 0 heterocycles.